The number of aliphatic imine (C=N–C) groups is 1. The number of aromatic hydroxyl groups is 1. The Labute approximate surface area is 66.2 Å². The first-order chi connectivity index (χ1) is 5.25. The number of aryl methyl sites for hydroxylation is 1. The second-order valence-electron chi connectivity index (χ2n) is 2.40. The molecule has 1 N–H and O–H groups in total. The van der Waals surface area contributed by atoms with Crippen LogP contribution >= 0.6 is 0 Å². The van der Waals surface area contributed by atoms with Crippen LogP contribution in [0.15, 0.2) is 23.2 Å². The van der Waals surface area contributed by atoms with Crippen molar-refractivity contribution in [1.82, 2.24) is 0 Å². The van der Waals surface area contributed by atoms with Crippen molar-refractivity contribution in [1.29, 1.82) is 0 Å². The highest BCUT2D eigenvalue weighted by Crippen LogP contribution is 2.19. The second kappa shape index (κ2) is 3.19. The maximum Gasteiger partial charge on any atom is 0.127 e. The molecular weight excluding hydrogens is 138 g/mol. The van der Waals surface area contributed by atoms with Gasteiger partial charge in [-0.3, -0.25) is 4.99 Å². The fraction of sp³-hybridized carbons (Fsp3) is 0.222. The Morgan fingerprint density at radius 2 is 2.18 bits per heavy atom. The summed E-state index contributed by atoms with van der Waals surface area (Å²) < 4.78 is 0. The SMILES string of the molecule is C/N=C/c1cccc(C)c1O. The van der Waals surface area contributed by atoms with Crippen LogP contribution in [0.1, 0.15) is 11.1 Å². The molecule has 0 saturated carbocycles. The monoisotopic (exact) mass is 149 g/mol. The summed E-state index contributed by atoms with van der Waals surface area (Å²) in [6.45, 7) is 1.86. The van der Waals surface area contributed by atoms with E-state index in [0.717, 1.165) is 11.1 Å². The van der Waals surface area contributed by atoms with E-state index >= 15 is 0 Å². The third kappa shape index (κ3) is 1.58. The van der Waals surface area contributed by atoms with Gasteiger partial charge in [-0.15, -0.1) is 0 Å². The predicted molar refractivity (Wildman–Crippen MR) is 46.4 cm³/mol. The van der Waals surface area contributed by atoms with Crippen molar-refractivity contribution in [3.8, 4) is 5.75 Å². The first kappa shape index (κ1) is 7.79. The van der Waals surface area contributed by atoms with Crippen molar-refractivity contribution < 1.29 is 5.11 Å². The topological polar surface area (TPSA) is 32.6 Å². The largest absolute Gasteiger partial charge is 0.507 e. The molecule has 0 spiro atoms. The van der Waals surface area contributed by atoms with Gasteiger partial charge in [0.05, 0.1) is 0 Å². The van der Waals surface area contributed by atoms with Gasteiger partial charge in [0.1, 0.15) is 5.75 Å². The van der Waals surface area contributed by atoms with Gasteiger partial charge in [-0.25, -0.2) is 0 Å². The number of para-hydroxylation sites is 1. The van der Waals surface area contributed by atoms with Gasteiger partial charge in [0.25, 0.3) is 0 Å². The van der Waals surface area contributed by atoms with Crippen LogP contribution in [0.25, 0.3) is 0 Å². The zero-order valence-electron chi connectivity index (χ0n) is 6.70. The average molecular weight is 149 g/mol. The highest BCUT2D eigenvalue weighted by molar-refractivity contribution is 5.83. The third-order valence-electron chi connectivity index (χ3n) is 1.54. The molecule has 0 unspecified atom stereocenters. The van der Waals surface area contributed by atoms with Gasteiger partial charge < -0.3 is 5.11 Å². The van der Waals surface area contributed by atoms with Crippen LogP contribution in [0, 0.1) is 6.92 Å². The third-order valence-corrected chi connectivity index (χ3v) is 1.54. The van der Waals surface area contributed by atoms with Crippen LogP contribution < -0.4 is 0 Å². The van der Waals surface area contributed by atoms with Gasteiger partial charge in [0.15, 0.2) is 0 Å². The van der Waals surface area contributed by atoms with E-state index in [1.165, 1.54) is 0 Å². The van der Waals surface area contributed by atoms with Gasteiger partial charge in [-0.05, 0) is 18.6 Å². The fourth-order valence-electron chi connectivity index (χ4n) is 0.925. The number of nitrogens with zero attached hydrogens (tertiary/aromatic N) is 1. The Balaban J connectivity index is 3.16. The van der Waals surface area contributed by atoms with Crippen molar-refractivity contribution in [2.45, 2.75) is 6.92 Å². The number of rotatable bonds is 1. The molecule has 0 saturated heterocycles. The van der Waals surface area contributed by atoms with Crippen molar-refractivity contribution in [3.05, 3.63) is 29.3 Å². The molecule has 2 nitrogen and oxygen atoms in total. The average Bonchev–Trinajstić information content (AvgIpc) is 1.99. The van der Waals surface area contributed by atoms with Gasteiger partial charge >= 0.3 is 0 Å². The standard InChI is InChI=1S/C9H11NO/c1-7-4-3-5-8(6-10-2)9(7)11/h3-6,11H,1-2H3/b10-6+. The summed E-state index contributed by atoms with van der Waals surface area (Å²) in [5.74, 6) is 0.318. The smallest absolute Gasteiger partial charge is 0.127 e. The molecule has 1 aromatic rings. The van der Waals surface area contributed by atoms with Crippen LogP contribution in [0.5, 0.6) is 5.75 Å². The highest BCUT2D eigenvalue weighted by atomic mass is 16.3. The molecule has 2 heteroatoms. The molecule has 0 bridgehead atoms. The summed E-state index contributed by atoms with van der Waals surface area (Å²) in [4.78, 5) is 3.82. The number of hydrogen-bond donors (Lipinski definition) is 1. The summed E-state index contributed by atoms with van der Waals surface area (Å²) in [5, 5.41) is 9.44. The fourth-order valence-corrected chi connectivity index (χ4v) is 0.925. The molecule has 1 rings (SSSR count). The quantitative estimate of drug-likeness (QED) is 0.606. The lowest BCUT2D eigenvalue weighted by Gasteiger charge is -2.00. The van der Waals surface area contributed by atoms with Crippen LogP contribution in [-0.2, 0) is 0 Å². The Morgan fingerprint density at radius 1 is 1.45 bits per heavy atom. The Hall–Kier alpha value is -1.31. The van der Waals surface area contributed by atoms with Crippen molar-refractivity contribution in [3.63, 3.8) is 0 Å². The molecule has 0 aliphatic heterocycles. The zero-order valence-corrected chi connectivity index (χ0v) is 6.70. The summed E-state index contributed by atoms with van der Waals surface area (Å²) in [6.07, 6.45) is 1.64. The first-order valence-corrected chi connectivity index (χ1v) is 3.46. The van der Waals surface area contributed by atoms with E-state index in [0.29, 0.717) is 5.75 Å². The molecule has 0 fully saturated rings. The Kier molecular flexibility index (Phi) is 2.26. The lowest BCUT2D eigenvalue weighted by atomic mass is 10.1. The Bertz CT molecular complexity index is 279. The molecule has 0 aromatic heterocycles. The minimum Gasteiger partial charge on any atom is -0.507 e. The van der Waals surface area contributed by atoms with E-state index in [1.807, 2.05) is 25.1 Å². The predicted octanol–water partition coefficient (Wildman–Crippen LogP) is 1.75. The molecule has 0 heterocycles. The van der Waals surface area contributed by atoms with Crippen molar-refractivity contribution >= 4 is 6.21 Å². The molecule has 0 atom stereocenters. The minimum absolute atomic E-state index is 0.318. The summed E-state index contributed by atoms with van der Waals surface area (Å²) in [6, 6.07) is 5.59. The molecule has 0 aliphatic rings. The molecule has 58 valence electrons. The lowest BCUT2D eigenvalue weighted by Crippen LogP contribution is -1.84. The van der Waals surface area contributed by atoms with E-state index in [4.69, 9.17) is 0 Å². The van der Waals surface area contributed by atoms with Gasteiger partial charge in [-0.2, -0.15) is 0 Å². The second-order valence-corrected chi connectivity index (χ2v) is 2.40. The highest BCUT2D eigenvalue weighted by Gasteiger charge is 1.98. The normalized spacial score (nSPS) is 10.7. The number of hydrogen-bond acceptors (Lipinski definition) is 2. The van der Waals surface area contributed by atoms with Crippen LogP contribution in [0.2, 0.25) is 0 Å². The molecular formula is C9H11NO. The van der Waals surface area contributed by atoms with E-state index in [-0.39, 0.29) is 0 Å². The molecule has 0 amide bonds. The van der Waals surface area contributed by atoms with Crippen LogP contribution in [0.3, 0.4) is 0 Å². The van der Waals surface area contributed by atoms with E-state index < -0.39 is 0 Å². The van der Waals surface area contributed by atoms with Gasteiger partial charge in [-0.1, -0.05) is 12.1 Å². The maximum absolute atomic E-state index is 9.44. The molecule has 11 heavy (non-hydrogen) atoms. The molecule has 0 aliphatic carbocycles. The van der Waals surface area contributed by atoms with E-state index in [9.17, 15) is 5.11 Å². The lowest BCUT2D eigenvalue weighted by molar-refractivity contribution is 0.470. The Morgan fingerprint density at radius 3 is 2.82 bits per heavy atom. The molecule has 0 radical (unpaired) electrons. The summed E-state index contributed by atoms with van der Waals surface area (Å²) in [5.41, 5.74) is 1.65. The maximum atomic E-state index is 9.44. The summed E-state index contributed by atoms with van der Waals surface area (Å²) in [7, 11) is 1.68. The zero-order chi connectivity index (χ0) is 8.27. The van der Waals surface area contributed by atoms with Crippen LogP contribution in [0.4, 0.5) is 0 Å². The van der Waals surface area contributed by atoms with Crippen LogP contribution in [-0.4, -0.2) is 18.4 Å². The van der Waals surface area contributed by atoms with E-state index in [2.05, 4.69) is 4.99 Å². The number of phenols is 1. The van der Waals surface area contributed by atoms with Crippen molar-refractivity contribution in [2.75, 3.05) is 7.05 Å². The minimum atomic E-state index is 0.318. The first-order valence-electron chi connectivity index (χ1n) is 3.46. The van der Waals surface area contributed by atoms with Gasteiger partial charge in [0, 0.05) is 18.8 Å². The molecule has 1 aromatic carbocycles. The number of benzene rings is 1. The number of phenolic OH excluding ortho intramolecular Hbond substituents is 1. The van der Waals surface area contributed by atoms with Crippen molar-refractivity contribution in [2.24, 2.45) is 4.99 Å². The summed E-state index contributed by atoms with van der Waals surface area (Å²) >= 11 is 0. The van der Waals surface area contributed by atoms with E-state index in [1.54, 1.807) is 13.3 Å². The van der Waals surface area contributed by atoms with Gasteiger partial charge in [0.2, 0.25) is 0 Å².